The number of aromatic hydroxyl groups is 1. The minimum atomic E-state index is -0.165. The molecule has 12 heteroatoms. The number of aromatic nitrogens is 9. The van der Waals surface area contributed by atoms with Crippen LogP contribution in [0.2, 0.25) is 0 Å². The van der Waals surface area contributed by atoms with Crippen LogP contribution in [0.1, 0.15) is 127 Å². The Balaban J connectivity index is 0.000000161. The zero-order valence-corrected chi connectivity index (χ0v) is 45.9. The fourth-order valence-electron chi connectivity index (χ4n) is 10.5. The summed E-state index contributed by atoms with van der Waals surface area (Å²) in [6.45, 7) is 35.0. The fourth-order valence-corrected chi connectivity index (χ4v) is 10.5. The molecule has 0 amide bonds. The molecule has 0 aliphatic rings. The number of rotatable bonds is 9. The molecule has 3 heterocycles. The first-order valence-corrected chi connectivity index (χ1v) is 24.9. The van der Waals surface area contributed by atoms with Crippen LogP contribution in [0.4, 0.5) is 0 Å². The van der Waals surface area contributed by atoms with Crippen molar-refractivity contribution in [1.82, 2.24) is 45.0 Å². The van der Waals surface area contributed by atoms with E-state index in [0.717, 1.165) is 102 Å². The topological polar surface area (TPSA) is 131 Å². The molecule has 0 fully saturated rings. The largest absolute Gasteiger partial charge is 0.505 e. The SMILES string of the molecule is COc1c(C(C)(C)CC(C)(C)C)cc(C)c(C)c1-n1nc2ccccc2n1.COc1cc(C)c(-n2nc3ccccc3n2)c(C)c1.Cc1cc(C(C)(C)CC(C)(C)C)c(O)c(-n2nc3ccccc3n2)c1C. The van der Waals surface area contributed by atoms with E-state index in [4.69, 9.17) is 19.7 Å². The van der Waals surface area contributed by atoms with E-state index in [9.17, 15) is 5.11 Å². The molecule has 1 N–H and O–H groups in total. The molecule has 9 rings (SSSR count). The summed E-state index contributed by atoms with van der Waals surface area (Å²) in [7, 11) is 3.42. The standard InChI is InChI=1S/C23H31N3O.C22H29N3O.C15H15N3O/c1-15-13-17(23(6,7)14-22(3,4)5)21(27-8)20(16(15)2)26-24-18-11-9-10-12-19(18)25-26;1-14-12-16(22(6,7)13-21(3,4)5)20(26)19(15(14)2)25-23-17-10-8-9-11-18(17)24-25;1-10-8-12(19-3)9-11(2)15(10)18-16-13-6-4-5-7-14(13)17-18/h9-13H,14H2,1-8H3;8-12,26H,13H2,1-7H3;4-9H,1-3H3. The van der Waals surface area contributed by atoms with Crippen molar-refractivity contribution in [1.29, 1.82) is 0 Å². The van der Waals surface area contributed by atoms with Gasteiger partial charge in [-0.1, -0.05) is 118 Å². The van der Waals surface area contributed by atoms with E-state index in [1.807, 2.05) is 106 Å². The predicted molar refractivity (Wildman–Crippen MR) is 294 cm³/mol. The molecule has 378 valence electrons. The first-order chi connectivity index (χ1) is 33.7. The Hall–Kier alpha value is -7.08. The number of nitrogens with zero attached hydrogens (tertiary/aromatic N) is 9. The van der Waals surface area contributed by atoms with E-state index < -0.39 is 0 Å². The van der Waals surface area contributed by atoms with Gasteiger partial charge in [-0.15, -0.1) is 45.0 Å². The van der Waals surface area contributed by atoms with Crippen molar-refractivity contribution in [3.8, 4) is 34.3 Å². The molecular formula is C60H75N9O3. The number of phenols is 1. The van der Waals surface area contributed by atoms with Gasteiger partial charge in [0.25, 0.3) is 0 Å². The second-order valence-corrected chi connectivity index (χ2v) is 23.1. The maximum absolute atomic E-state index is 11.2. The van der Waals surface area contributed by atoms with Crippen LogP contribution in [0.25, 0.3) is 50.2 Å². The van der Waals surface area contributed by atoms with Crippen LogP contribution in [0.3, 0.4) is 0 Å². The van der Waals surface area contributed by atoms with Crippen molar-refractivity contribution in [3.63, 3.8) is 0 Å². The first kappa shape index (κ1) is 52.7. The number of aryl methyl sites for hydroxylation is 4. The van der Waals surface area contributed by atoms with E-state index in [-0.39, 0.29) is 27.4 Å². The van der Waals surface area contributed by atoms with E-state index in [1.165, 1.54) is 11.1 Å². The summed E-state index contributed by atoms with van der Waals surface area (Å²) < 4.78 is 11.2. The Morgan fingerprint density at radius 2 is 0.736 bits per heavy atom. The highest BCUT2D eigenvalue weighted by Gasteiger charge is 2.34. The van der Waals surface area contributed by atoms with Crippen LogP contribution in [0.15, 0.2) is 97.1 Å². The second-order valence-electron chi connectivity index (χ2n) is 23.1. The van der Waals surface area contributed by atoms with Crippen LogP contribution >= 0.6 is 0 Å². The molecule has 0 aliphatic carbocycles. The molecule has 0 saturated carbocycles. The van der Waals surface area contributed by atoms with Gasteiger partial charge < -0.3 is 14.6 Å². The molecule has 0 radical (unpaired) electrons. The van der Waals surface area contributed by atoms with Gasteiger partial charge in [0.05, 0.1) is 19.9 Å². The molecule has 3 aromatic heterocycles. The average Bonchev–Trinajstić information content (AvgIpc) is 4.04. The highest BCUT2D eigenvalue weighted by atomic mass is 16.5. The quantitative estimate of drug-likeness (QED) is 0.150. The third-order valence-electron chi connectivity index (χ3n) is 13.3. The Labute approximate surface area is 426 Å². The molecule has 0 saturated heterocycles. The summed E-state index contributed by atoms with van der Waals surface area (Å²) in [4.78, 5) is 5.02. The Morgan fingerprint density at radius 3 is 1.08 bits per heavy atom. The van der Waals surface area contributed by atoms with Gasteiger partial charge in [-0.25, -0.2) is 0 Å². The van der Waals surface area contributed by atoms with Crippen molar-refractivity contribution in [2.75, 3.05) is 14.2 Å². The Morgan fingerprint density at radius 1 is 0.417 bits per heavy atom. The van der Waals surface area contributed by atoms with Gasteiger partial charge in [0, 0.05) is 11.1 Å². The summed E-state index contributed by atoms with van der Waals surface area (Å²) >= 11 is 0. The van der Waals surface area contributed by atoms with Crippen LogP contribution in [0.5, 0.6) is 17.2 Å². The smallest absolute Gasteiger partial charge is 0.150 e. The minimum Gasteiger partial charge on any atom is -0.505 e. The third kappa shape index (κ3) is 11.3. The van der Waals surface area contributed by atoms with Crippen LogP contribution in [0, 0.1) is 52.4 Å². The number of hydrogen-bond donors (Lipinski definition) is 1. The fraction of sp³-hybridized carbons (Fsp3) is 0.400. The second kappa shape index (κ2) is 20.2. The Kier molecular flexibility index (Phi) is 14.8. The summed E-state index contributed by atoms with van der Waals surface area (Å²) in [5.74, 6) is 2.01. The summed E-state index contributed by atoms with van der Waals surface area (Å²) in [5.41, 5.74) is 16.9. The molecule has 12 nitrogen and oxygen atoms in total. The van der Waals surface area contributed by atoms with Gasteiger partial charge in [-0.3, -0.25) is 0 Å². The molecular weight excluding hydrogens is 895 g/mol. The number of ether oxygens (including phenoxy) is 2. The van der Waals surface area contributed by atoms with Gasteiger partial charge in [0.2, 0.25) is 0 Å². The lowest BCUT2D eigenvalue weighted by molar-refractivity contribution is 0.276. The molecule has 0 aliphatic heterocycles. The zero-order chi connectivity index (χ0) is 52.7. The molecule has 0 atom stereocenters. The van der Waals surface area contributed by atoms with Crippen LogP contribution in [-0.4, -0.2) is 64.3 Å². The number of methoxy groups -OCH3 is 2. The summed E-state index contributed by atoms with van der Waals surface area (Å²) in [6.07, 6.45) is 2.01. The van der Waals surface area contributed by atoms with Crippen molar-refractivity contribution >= 4 is 33.1 Å². The first-order valence-electron chi connectivity index (χ1n) is 24.9. The minimum absolute atomic E-state index is 0.0383. The third-order valence-corrected chi connectivity index (χ3v) is 13.3. The molecule has 0 unspecified atom stereocenters. The molecule has 0 spiro atoms. The predicted octanol–water partition coefficient (Wildman–Crippen LogP) is 14.3. The lowest BCUT2D eigenvalue weighted by Gasteiger charge is -2.35. The molecule has 9 aromatic rings. The van der Waals surface area contributed by atoms with E-state index >= 15 is 0 Å². The number of fused-ring (bicyclic) bond motifs is 3. The number of benzene rings is 6. The lowest BCUT2D eigenvalue weighted by Crippen LogP contribution is -2.26. The average molecular weight is 970 g/mol. The highest BCUT2D eigenvalue weighted by Crippen LogP contribution is 2.46. The maximum atomic E-state index is 11.2. The lowest BCUT2D eigenvalue weighted by atomic mass is 9.71. The molecule has 72 heavy (non-hydrogen) atoms. The van der Waals surface area contributed by atoms with E-state index in [0.29, 0.717) is 5.69 Å². The maximum Gasteiger partial charge on any atom is 0.150 e. The monoisotopic (exact) mass is 970 g/mol. The van der Waals surface area contributed by atoms with Crippen molar-refractivity contribution in [3.05, 3.63) is 142 Å². The van der Waals surface area contributed by atoms with Crippen molar-refractivity contribution in [2.45, 2.75) is 134 Å². The van der Waals surface area contributed by atoms with Crippen molar-refractivity contribution in [2.24, 2.45) is 10.8 Å². The van der Waals surface area contributed by atoms with Crippen LogP contribution < -0.4 is 9.47 Å². The van der Waals surface area contributed by atoms with Gasteiger partial charge in [-0.2, -0.15) is 0 Å². The van der Waals surface area contributed by atoms with E-state index in [1.54, 1.807) is 28.6 Å². The molecule has 6 aromatic carbocycles. The summed E-state index contributed by atoms with van der Waals surface area (Å²) in [5, 5.41) is 38.9. The Bertz CT molecular complexity index is 3270. The molecule has 0 bridgehead atoms. The van der Waals surface area contributed by atoms with Gasteiger partial charge in [0.1, 0.15) is 61.7 Å². The highest BCUT2D eigenvalue weighted by molar-refractivity contribution is 5.76. The number of phenolic OH excluding ortho intramolecular Hbond substituents is 1. The van der Waals surface area contributed by atoms with Crippen LogP contribution in [-0.2, 0) is 10.8 Å². The zero-order valence-electron chi connectivity index (χ0n) is 45.9. The number of hydrogen-bond acceptors (Lipinski definition) is 9. The van der Waals surface area contributed by atoms with Gasteiger partial charge in [-0.05, 0) is 158 Å². The van der Waals surface area contributed by atoms with Crippen molar-refractivity contribution < 1.29 is 14.6 Å². The van der Waals surface area contributed by atoms with Gasteiger partial charge in [0.15, 0.2) is 0 Å². The van der Waals surface area contributed by atoms with E-state index in [2.05, 4.69) is 123 Å². The normalized spacial score (nSPS) is 12.2. The van der Waals surface area contributed by atoms with Gasteiger partial charge >= 0.3 is 0 Å². The summed E-state index contributed by atoms with van der Waals surface area (Å²) in [6, 6.07) is 32.0.